The van der Waals surface area contributed by atoms with Crippen molar-refractivity contribution in [1.29, 1.82) is 0 Å². The first-order valence-corrected chi connectivity index (χ1v) is 8.30. The quantitative estimate of drug-likeness (QED) is 0.659. The first-order chi connectivity index (χ1) is 9.72. The average Bonchev–Trinajstić information content (AvgIpc) is 3.05. The van der Waals surface area contributed by atoms with Gasteiger partial charge < -0.3 is 0 Å². The minimum Gasteiger partial charge on any atom is -0.295 e. The highest BCUT2D eigenvalue weighted by Crippen LogP contribution is 2.25. The van der Waals surface area contributed by atoms with Gasteiger partial charge in [-0.05, 0) is 25.1 Å². The molecular formula is C14H12ClN3S2. The Balaban J connectivity index is 1.80. The summed E-state index contributed by atoms with van der Waals surface area (Å²) in [5.74, 6) is 0.821. The van der Waals surface area contributed by atoms with E-state index in [0.29, 0.717) is 0 Å². The summed E-state index contributed by atoms with van der Waals surface area (Å²) in [4.78, 5) is 8.87. The van der Waals surface area contributed by atoms with E-state index >= 15 is 0 Å². The largest absolute Gasteiger partial charge is 0.295 e. The molecule has 0 unspecified atom stereocenters. The second-order valence-corrected chi connectivity index (χ2v) is 6.65. The van der Waals surface area contributed by atoms with Crippen molar-refractivity contribution in [3.05, 3.63) is 57.8 Å². The standard InChI is InChI=1S/C14H12ClN3S2/c1-10-17-12(8-19-10)9-20-14-16-5-6-18(14)13-4-2-3-11(15)7-13/h2-8H,9H2,1H3. The molecule has 0 N–H and O–H groups in total. The molecular weight excluding hydrogens is 310 g/mol. The third-order valence-corrected chi connectivity index (χ3v) is 4.77. The third-order valence-electron chi connectivity index (χ3n) is 2.71. The Bertz CT molecular complexity index is 721. The molecule has 3 aromatic rings. The van der Waals surface area contributed by atoms with Crippen LogP contribution in [-0.4, -0.2) is 14.5 Å². The molecule has 0 saturated heterocycles. The van der Waals surface area contributed by atoms with Gasteiger partial charge in [-0.1, -0.05) is 29.4 Å². The molecule has 102 valence electrons. The Morgan fingerprint density at radius 3 is 3.05 bits per heavy atom. The fraction of sp³-hybridized carbons (Fsp3) is 0.143. The first-order valence-electron chi connectivity index (χ1n) is 6.05. The number of rotatable bonds is 4. The van der Waals surface area contributed by atoms with E-state index < -0.39 is 0 Å². The number of imidazole rings is 1. The fourth-order valence-electron chi connectivity index (χ4n) is 1.83. The van der Waals surface area contributed by atoms with Crippen LogP contribution in [0.4, 0.5) is 0 Å². The Kier molecular flexibility index (Phi) is 4.10. The van der Waals surface area contributed by atoms with Crippen LogP contribution in [0.2, 0.25) is 5.02 Å². The van der Waals surface area contributed by atoms with Gasteiger partial charge in [0.05, 0.1) is 10.7 Å². The monoisotopic (exact) mass is 321 g/mol. The number of thioether (sulfide) groups is 1. The number of halogens is 1. The molecule has 0 atom stereocenters. The Labute approximate surface area is 130 Å². The van der Waals surface area contributed by atoms with Crippen LogP contribution in [0.1, 0.15) is 10.7 Å². The Hall–Kier alpha value is -1.30. The molecule has 3 rings (SSSR count). The van der Waals surface area contributed by atoms with Crippen molar-refractivity contribution >= 4 is 34.7 Å². The van der Waals surface area contributed by atoms with Crippen molar-refractivity contribution in [2.75, 3.05) is 0 Å². The van der Waals surface area contributed by atoms with Crippen LogP contribution in [0.15, 0.2) is 47.2 Å². The maximum atomic E-state index is 6.04. The van der Waals surface area contributed by atoms with E-state index in [-0.39, 0.29) is 0 Å². The molecule has 0 aliphatic heterocycles. The van der Waals surface area contributed by atoms with Gasteiger partial charge in [-0.3, -0.25) is 4.57 Å². The molecule has 0 radical (unpaired) electrons. The Morgan fingerprint density at radius 1 is 1.40 bits per heavy atom. The zero-order valence-electron chi connectivity index (χ0n) is 10.8. The minimum atomic E-state index is 0.724. The highest BCUT2D eigenvalue weighted by atomic mass is 35.5. The van der Waals surface area contributed by atoms with Gasteiger partial charge in [0.1, 0.15) is 0 Å². The lowest BCUT2D eigenvalue weighted by Crippen LogP contribution is -1.95. The lowest BCUT2D eigenvalue weighted by molar-refractivity contribution is 0.894. The molecule has 0 aliphatic carbocycles. The average molecular weight is 322 g/mol. The highest BCUT2D eigenvalue weighted by molar-refractivity contribution is 7.98. The zero-order valence-corrected chi connectivity index (χ0v) is 13.2. The summed E-state index contributed by atoms with van der Waals surface area (Å²) in [6, 6.07) is 7.76. The van der Waals surface area contributed by atoms with Crippen molar-refractivity contribution in [3.8, 4) is 5.69 Å². The molecule has 0 fully saturated rings. The van der Waals surface area contributed by atoms with Gasteiger partial charge in [-0.15, -0.1) is 11.3 Å². The van der Waals surface area contributed by atoms with Crippen molar-refractivity contribution < 1.29 is 0 Å². The topological polar surface area (TPSA) is 30.7 Å². The summed E-state index contributed by atoms with van der Waals surface area (Å²) >= 11 is 9.39. The molecule has 20 heavy (non-hydrogen) atoms. The minimum absolute atomic E-state index is 0.724. The molecule has 0 saturated carbocycles. The third kappa shape index (κ3) is 3.06. The first kappa shape index (κ1) is 13.7. The maximum Gasteiger partial charge on any atom is 0.172 e. The van der Waals surface area contributed by atoms with E-state index in [1.807, 2.05) is 42.0 Å². The predicted molar refractivity (Wildman–Crippen MR) is 85.0 cm³/mol. The van der Waals surface area contributed by atoms with Crippen LogP contribution in [0.5, 0.6) is 0 Å². The SMILES string of the molecule is Cc1nc(CSc2nccn2-c2cccc(Cl)c2)cs1. The number of aromatic nitrogens is 3. The van der Waals surface area contributed by atoms with Crippen molar-refractivity contribution in [1.82, 2.24) is 14.5 Å². The molecule has 2 aromatic heterocycles. The zero-order chi connectivity index (χ0) is 13.9. The number of hydrogen-bond acceptors (Lipinski definition) is 4. The van der Waals surface area contributed by atoms with Gasteiger partial charge in [0.25, 0.3) is 0 Å². The molecule has 1 aromatic carbocycles. The van der Waals surface area contributed by atoms with Gasteiger partial charge in [-0.2, -0.15) is 0 Å². The summed E-state index contributed by atoms with van der Waals surface area (Å²) in [7, 11) is 0. The van der Waals surface area contributed by atoms with Crippen molar-refractivity contribution in [2.45, 2.75) is 17.8 Å². The summed E-state index contributed by atoms with van der Waals surface area (Å²) in [5, 5.41) is 4.86. The van der Waals surface area contributed by atoms with Crippen molar-refractivity contribution in [3.63, 3.8) is 0 Å². The lowest BCUT2D eigenvalue weighted by atomic mass is 10.3. The van der Waals surface area contributed by atoms with Crippen molar-refractivity contribution in [2.24, 2.45) is 0 Å². The molecule has 3 nitrogen and oxygen atoms in total. The van der Waals surface area contributed by atoms with E-state index in [0.717, 1.165) is 32.3 Å². The van der Waals surface area contributed by atoms with E-state index in [2.05, 4.69) is 15.3 Å². The van der Waals surface area contributed by atoms with Crippen LogP contribution in [0.25, 0.3) is 5.69 Å². The van der Waals surface area contributed by atoms with Gasteiger partial charge in [0.15, 0.2) is 5.16 Å². The lowest BCUT2D eigenvalue weighted by Gasteiger charge is -2.07. The number of benzene rings is 1. The molecule has 0 aliphatic rings. The summed E-state index contributed by atoms with van der Waals surface area (Å²) in [6.07, 6.45) is 3.75. The smallest absolute Gasteiger partial charge is 0.172 e. The normalized spacial score (nSPS) is 10.9. The van der Waals surface area contributed by atoms with Crippen LogP contribution in [0.3, 0.4) is 0 Å². The summed E-state index contributed by atoms with van der Waals surface area (Å²) < 4.78 is 2.04. The molecule has 0 spiro atoms. The van der Waals surface area contributed by atoms with E-state index in [4.69, 9.17) is 11.6 Å². The van der Waals surface area contributed by atoms with Crippen LogP contribution in [-0.2, 0) is 5.75 Å². The van der Waals surface area contributed by atoms with Gasteiger partial charge in [-0.25, -0.2) is 9.97 Å². The number of hydrogen-bond donors (Lipinski definition) is 0. The summed E-state index contributed by atoms with van der Waals surface area (Å²) in [5.41, 5.74) is 2.12. The summed E-state index contributed by atoms with van der Waals surface area (Å²) in [6.45, 7) is 2.02. The molecule has 0 bridgehead atoms. The van der Waals surface area contributed by atoms with Crippen LogP contribution >= 0.6 is 34.7 Å². The molecule has 6 heteroatoms. The number of nitrogens with zero attached hydrogens (tertiary/aromatic N) is 3. The van der Waals surface area contributed by atoms with E-state index in [9.17, 15) is 0 Å². The second-order valence-electron chi connectivity index (χ2n) is 4.21. The fourth-order valence-corrected chi connectivity index (χ4v) is 3.60. The van der Waals surface area contributed by atoms with E-state index in [1.165, 1.54) is 0 Å². The van der Waals surface area contributed by atoms with Gasteiger partial charge in [0, 0.05) is 34.2 Å². The van der Waals surface area contributed by atoms with Gasteiger partial charge >= 0.3 is 0 Å². The maximum absolute atomic E-state index is 6.04. The number of thiazole rings is 1. The molecule has 0 amide bonds. The van der Waals surface area contributed by atoms with Crippen LogP contribution < -0.4 is 0 Å². The number of aryl methyl sites for hydroxylation is 1. The highest BCUT2D eigenvalue weighted by Gasteiger charge is 2.07. The predicted octanol–water partition coefficient (Wildman–Crippen LogP) is 4.58. The second kappa shape index (κ2) is 5.99. The van der Waals surface area contributed by atoms with E-state index in [1.54, 1.807) is 29.3 Å². The molecule has 2 heterocycles. The van der Waals surface area contributed by atoms with Crippen LogP contribution in [0, 0.1) is 6.92 Å². The Morgan fingerprint density at radius 2 is 2.30 bits per heavy atom. The van der Waals surface area contributed by atoms with Gasteiger partial charge in [0.2, 0.25) is 0 Å².